The molecule has 0 spiro atoms. The van der Waals surface area contributed by atoms with Crippen molar-refractivity contribution in [2.24, 2.45) is 0 Å². The molecule has 1 aliphatic carbocycles. The first kappa shape index (κ1) is 15.7. The minimum atomic E-state index is -0.577. The van der Waals surface area contributed by atoms with Crippen LogP contribution < -0.4 is 10.6 Å². The van der Waals surface area contributed by atoms with E-state index < -0.39 is 10.7 Å². The van der Waals surface area contributed by atoms with Crippen LogP contribution in [0.1, 0.15) is 25.7 Å². The van der Waals surface area contributed by atoms with E-state index in [2.05, 4.69) is 26.6 Å². The van der Waals surface area contributed by atoms with Gasteiger partial charge in [-0.05, 0) is 35.2 Å². The maximum absolute atomic E-state index is 13.4. The molecular weight excluding hydrogens is 345 g/mol. The van der Waals surface area contributed by atoms with Gasteiger partial charge >= 0.3 is 0 Å². The third-order valence-corrected chi connectivity index (χ3v) is 3.68. The van der Waals surface area contributed by atoms with Gasteiger partial charge in [-0.1, -0.05) is 0 Å². The summed E-state index contributed by atoms with van der Waals surface area (Å²) in [5.41, 5.74) is -0.0889. The number of rotatable bonds is 7. The monoisotopic (exact) mass is 359 g/mol. The number of benzene rings is 1. The van der Waals surface area contributed by atoms with Crippen LogP contribution in [0.25, 0.3) is 0 Å². The molecule has 1 aliphatic rings. The summed E-state index contributed by atoms with van der Waals surface area (Å²) < 4.78 is 13.5. The van der Waals surface area contributed by atoms with Crippen LogP contribution in [0.4, 0.5) is 15.8 Å². The minimum absolute atomic E-state index is 0.0178. The fourth-order valence-corrected chi connectivity index (χ4v) is 2.16. The molecule has 0 unspecified atom stereocenters. The molecule has 114 valence electrons. The van der Waals surface area contributed by atoms with Crippen molar-refractivity contribution < 1.29 is 14.1 Å². The molecule has 2 N–H and O–H groups in total. The van der Waals surface area contributed by atoms with Gasteiger partial charge in [-0.25, -0.2) is 4.39 Å². The van der Waals surface area contributed by atoms with Crippen LogP contribution in [-0.4, -0.2) is 23.4 Å². The molecule has 0 aliphatic heterocycles. The largest absolute Gasteiger partial charge is 0.379 e. The Morgan fingerprint density at radius 1 is 1.48 bits per heavy atom. The third kappa shape index (κ3) is 4.66. The highest BCUT2D eigenvalue weighted by atomic mass is 79.9. The Hall–Kier alpha value is -1.70. The number of nitrogens with zero attached hydrogens (tertiary/aromatic N) is 1. The van der Waals surface area contributed by atoms with Crippen molar-refractivity contribution in [2.45, 2.75) is 31.7 Å². The predicted octanol–water partition coefficient (Wildman–Crippen LogP) is 2.97. The fraction of sp³-hybridized carbons (Fsp3) is 0.462. The SMILES string of the molecule is O=C(CCCNc1cc(F)c(Br)cc1[N+](=O)[O-])NC1CC1. The zero-order chi connectivity index (χ0) is 15.4. The van der Waals surface area contributed by atoms with Gasteiger partial charge in [0.05, 0.1) is 9.40 Å². The number of halogens is 2. The third-order valence-electron chi connectivity index (χ3n) is 3.07. The lowest BCUT2D eigenvalue weighted by molar-refractivity contribution is -0.384. The van der Waals surface area contributed by atoms with Crippen LogP contribution in [0.15, 0.2) is 16.6 Å². The Labute approximate surface area is 129 Å². The van der Waals surface area contributed by atoms with Crippen molar-refractivity contribution in [3.05, 3.63) is 32.5 Å². The number of carbonyl (C=O) groups excluding carboxylic acids is 1. The van der Waals surface area contributed by atoms with Gasteiger partial charge in [-0.2, -0.15) is 0 Å². The average Bonchev–Trinajstić information content (AvgIpc) is 3.21. The fourth-order valence-electron chi connectivity index (χ4n) is 1.83. The number of nitro benzene ring substituents is 1. The van der Waals surface area contributed by atoms with Crippen molar-refractivity contribution in [1.82, 2.24) is 5.32 Å². The molecular formula is C13H15BrFN3O3. The molecule has 0 aromatic heterocycles. The van der Waals surface area contributed by atoms with Gasteiger partial charge in [0.15, 0.2) is 0 Å². The lowest BCUT2D eigenvalue weighted by Gasteiger charge is -2.08. The summed E-state index contributed by atoms with van der Waals surface area (Å²) in [4.78, 5) is 21.8. The number of hydrogen-bond acceptors (Lipinski definition) is 4. The molecule has 6 nitrogen and oxygen atoms in total. The summed E-state index contributed by atoms with van der Waals surface area (Å²) in [6.45, 7) is 0.361. The predicted molar refractivity (Wildman–Crippen MR) is 79.6 cm³/mol. The van der Waals surface area contributed by atoms with Gasteiger partial charge in [0.2, 0.25) is 5.91 Å². The second-order valence-electron chi connectivity index (χ2n) is 4.91. The Bertz CT molecular complexity index is 564. The molecule has 1 aromatic carbocycles. The Morgan fingerprint density at radius 2 is 2.19 bits per heavy atom. The van der Waals surface area contributed by atoms with Crippen LogP contribution in [-0.2, 0) is 4.79 Å². The molecule has 1 aromatic rings. The van der Waals surface area contributed by atoms with Crippen LogP contribution in [0.2, 0.25) is 0 Å². The average molecular weight is 360 g/mol. The van der Waals surface area contributed by atoms with Gasteiger partial charge in [0.25, 0.3) is 5.69 Å². The summed E-state index contributed by atoms with van der Waals surface area (Å²) in [6.07, 6.45) is 2.94. The molecule has 0 saturated heterocycles. The molecule has 0 heterocycles. The summed E-state index contributed by atoms with van der Waals surface area (Å²) >= 11 is 2.92. The minimum Gasteiger partial charge on any atom is -0.379 e. The van der Waals surface area contributed by atoms with Crippen LogP contribution >= 0.6 is 15.9 Å². The van der Waals surface area contributed by atoms with Crippen molar-refractivity contribution in [3.8, 4) is 0 Å². The maximum Gasteiger partial charge on any atom is 0.293 e. The van der Waals surface area contributed by atoms with E-state index in [4.69, 9.17) is 0 Å². The van der Waals surface area contributed by atoms with Gasteiger partial charge < -0.3 is 10.6 Å². The first-order valence-corrected chi connectivity index (χ1v) is 7.43. The lowest BCUT2D eigenvalue weighted by Crippen LogP contribution is -2.25. The lowest BCUT2D eigenvalue weighted by atomic mass is 10.2. The van der Waals surface area contributed by atoms with E-state index in [1.165, 1.54) is 0 Å². The number of nitrogens with one attached hydrogen (secondary N) is 2. The highest BCUT2D eigenvalue weighted by Gasteiger charge is 2.22. The van der Waals surface area contributed by atoms with Gasteiger partial charge in [-0.15, -0.1) is 0 Å². The van der Waals surface area contributed by atoms with E-state index in [9.17, 15) is 19.3 Å². The van der Waals surface area contributed by atoms with E-state index in [-0.39, 0.29) is 21.8 Å². The van der Waals surface area contributed by atoms with Crippen molar-refractivity contribution >= 4 is 33.2 Å². The van der Waals surface area contributed by atoms with Gasteiger partial charge in [0.1, 0.15) is 11.5 Å². The normalized spacial score (nSPS) is 13.8. The molecule has 21 heavy (non-hydrogen) atoms. The van der Waals surface area contributed by atoms with E-state index in [0.29, 0.717) is 25.4 Å². The summed E-state index contributed by atoms with van der Waals surface area (Å²) in [7, 11) is 0. The van der Waals surface area contributed by atoms with Crippen molar-refractivity contribution in [1.29, 1.82) is 0 Å². The Morgan fingerprint density at radius 3 is 2.81 bits per heavy atom. The van der Waals surface area contributed by atoms with E-state index in [1.54, 1.807) is 0 Å². The standard InChI is InChI=1S/C13H15BrFN3O3/c14-9-6-12(18(20)21)11(7-10(9)15)16-5-1-2-13(19)17-8-3-4-8/h6-8,16H,1-5H2,(H,17,19). The molecule has 1 saturated carbocycles. The summed E-state index contributed by atoms with van der Waals surface area (Å²) in [6, 6.07) is 2.52. The van der Waals surface area contributed by atoms with Crippen LogP contribution in [0, 0.1) is 15.9 Å². The molecule has 2 rings (SSSR count). The maximum atomic E-state index is 13.4. The van der Waals surface area contributed by atoms with Crippen LogP contribution in [0.3, 0.4) is 0 Å². The van der Waals surface area contributed by atoms with E-state index in [0.717, 1.165) is 25.0 Å². The highest BCUT2D eigenvalue weighted by Crippen LogP contribution is 2.30. The molecule has 1 amide bonds. The first-order valence-electron chi connectivity index (χ1n) is 6.64. The molecule has 0 atom stereocenters. The molecule has 8 heteroatoms. The summed E-state index contributed by atoms with van der Waals surface area (Å²) in [5, 5.41) is 16.6. The van der Waals surface area contributed by atoms with E-state index >= 15 is 0 Å². The summed E-state index contributed by atoms with van der Waals surface area (Å²) in [5.74, 6) is -0.592. The second-order valence-corrected chi connectivity index (χ2v) is 5.77. The van der Waals surface area contributed by atoms with Gasteiger partial charge in [-0.3, -0.25) is 14.9 Å². The number of hydrogen-bond donors (Lipinski definition) is 2. The second kappa shape index (κ2) is 6.84. The quantitative estimate of drug-likeness (QED) is 0.445. The highest BCUT2D eigenvalue weighted by molar-refractivity contribution is 9.10. The van der Waals surface area contributed by atoms with Gasteiger partial charge in [0, 0.05) is 31.1 Å². The molecule has 1 fully saturated rings. The van der Waals surface area contributed by atoms with E-state index in [1.807, 2.05) is 0 Å². The number of amides is 1. The number of nitro groups is 1. The molecule has 0 bridgehead atoms. The first-order chi connectivity index (χ1) is 9.97. The topological polar surface area (TPSA) is 84.3 Å². The van der Waals surface area contributed by atoms with Crippen molar-refractivity contribution in [2.75, 3.05) is 11.9 Å². The zero-order valence-corrected chi connectivity index (χ0v) is 12.8. The Balaban J connectivity index is 1.85. The smallest absolute Gasteiger partial charge is 0.293 e. The van der Waals surface area contributed by atoms with Crippen LogP contribution in [0.5, 0.6) is 0 Å². The Kier molecular flexibility index (Phi) is 5.11. The number of anilines is 1. The van der Waals surface area contributed by atoms with Crippen molar-refractivity contribution in [3.63, 3.8) is 0 Å². The number of carbonyl (C=O) groups is 1. The molecule has 0 radical (unpaired) electrons. The zero-order valence-electron chi connectivity index (χ0n) is 11.2.